The van der Waals surface area contributed by atoms with E-state index in [4.69, 9.17) is 4.74 Å². The lowest BCUT2D eigenvalue weighted by Gasteiger charge is -2.23. The molecule has 0 aromatic carbocycles. The Labute approximate surface area is 100 Å². The summed E-state index contributed by atoms with van der Waals surface area (Å²) in [5.74, 6) is 0. The minimum atomic E-state index is -0.0547. The van der Waals surface area contributed by atoms with Gasteiger partial charge in [0.2, 0.25) is 0 Å². The molecule has 17 heavy (non-hydrogen) atoms. The summed E-state index contributed by atoms with van der Waals surface area (Å²) in [5, 5.41) is 4.08. The molecule has 2 fully saturated rings. The number of hydrogen-bond donors (Lipinski definition) is 0. The minimum absolute atomic E-state index is 0.0547. The molecule has 3 rings (SSSR count). The number of nitrogens with zero attached hydrogens (tertiary/aromatic N) is 3. The average Bonchev–Trinajstić information content (AvgIpc) is 3.00. The molecule has 1 atom stereocenters. The molecule has 1 spiro atoms. The molecule has 0 N–H and O–H groups in total. The first-order valence-corrected chi connectivity index (χ1v) is 6.45. The maximum atomic E-state index is 11.7. The van der Waals surface area contributed by atoms with Crippen LogP contribution in [0.15, 0.2) is 11.1 Å². The van der Waals surface area contributed by atoms with Crippen LogP contribution in [0.25, 0.3) is 0 Å². The fourth-order valence-electron chi connectivity index (χ4n) is 3.15. The van der Waals surface area contributed by atoms with Gasteiger partial charge in [0, 0.05) is 7.05 Å². The van der Waals surface area contributed by atoms with Gasteiger partial charge in [-0.2, -0.15) is 5.10 Å². The molecular formula is C12H19N3O2. The Hall–Kier alpha value is -1.10. The van der Waals surface area contributed by atoms with Crippen LogP contribution in [0.5, 0.6) is 0 Å². The van der Waals surface area contributed by atoms with Crippen molar-refractivity contribution in [2.24, 2.45) is 7.05 Å². The van der Waals surface area contributed by atoms with Gasteiger partial charge < -0.3 is 4.74 Å². The quantitative estimate of drug-likeness (QED) is 0.773. The molecule has 94 valence electrons. The van der Waals surface area contributed by atoms with E-state index in [1.54, 1.807) is 13.4 Å². The summed E-state index contributed by atoms with van der Waals surface area (Å²) in [6, 6.07) is 0. The molecule has 0 bridgehead atoms. The van der Waals surface area contributed by atoms with Crippen LogP contribution in [0.2, 0.25) is 0 Å². The first-order valence-electron chi connectivity index (χ1n) is 6.45. The van der Waals surface area contributed by atoms with Gasteiger partial charge in [-0.25, -0.2) is 9.48 Å². The van der Waals surface area contributed by atoms with Gasteiger partial charge in [0.25, 0.3) is 0 Å². The Morgan fingerprint density at radius 3 is 2.88 bits per heavy atom. The predicted molar refractivity (Wildman–Crippen MR) is 62.8 cm³/mol. The summed E-state index contributed by atoms with van der Waals surface area (Å²) in [4.78, 5) is 11.7. The Morgan fingerprint density at radius 2 is 2.24 bits per heavy atom. The lowest BCUT2D eigenvalue weighted by Crippen LogP contribution is -2.31. The highest BCUT2D eigenvalue weighted by Gasteiger charge is 2.42. The number of aryl methyl sites for hydroxylation is 1. The molecule has 1 saturated carbocycles. The molecular weight excluding hydrogens is 218 g/mol. The summed E-state index contributed by atoms with van der Waals surface area (Å²) in [5.41, 5.74) is 0.0873. The van der Waals surface area contributed by atoms with Crippen molar-refractivity contribution in [1.29, 1.82) is 0 Å². The first-order chi connectivity index (χ1) is 8.19. The SMILES string of the molecule is Cn1cnn(CC2CCC3(CCCC3)O2)c1=O. The van der Waals surface area contributed by atoms with Crippen molar-refractivity contribution in [3.05, 3.63) is 16.8 Å². The lowest BCUT2D eigenvalue weighted by molar-refractivity contribution is -0.0432. The van der Waals surface area contributed by atoms with Crippen molar-refractivity contribution < 1.29 is 4.74 Å². The van der Waals surface area contributed by atoms with Crippen molar-refractivity contribution in [3.63, 3.8) is 0 Å². The molecule has 1 aromatic rings. The third-order valence-corrected chi connectivity index (χ3v) is 4.12. The summed E-state index contributed by atoms with van der Waals surface area (Å²) in [6.45, 7) is 0.599. The van der Waals surface area contributed by atoms with Crippen molar-refractivity contribution in [2.45, 2.75) is 56.8 Å². The fraction of sp³-hybridized carbons (Fsp3) is 0.833. The average molecular weight is 237 g/mol. The van der Waals surface area contributed by atoms with Gasteiger partial charge >= 0.3 is 5.69 Å². The Balaban J connectivity index is 1.68. The number of rotatable bonds is 2. The van der Waals surface area contributed by atoms with Gasteiger partial charge in [0.05, 0.1) is 18.2 Å². The van der Waals surface area contributed by atoms with Crippen molar-refractivity contribution in [1.82, 2.24) is 14.3 Å². The Kier molecular flexibility index (Phi) is 2.58. The van der Waals surface area contributed by atoms with E-state index in [-0.39, 0.29) is 17.4 Å². The predicted octanol–water partition coefficient (Wildman–Crippen LogP) is 1.07. The van der Waals surface area contributed by atoms with Gasteiger partial charge in [-0.05, 0) is 25.7 Å². The second kappa shape index (κ2) is 3.98. The van der Waals surface area contributed by atoms with E-state index in [2.05, 4.69) is 5.10 Å². The Bertz CT molecular complexity index is 457. The van der Waals surface area contributed by atoms with Crippen LogP contribution in [0.3, 0.4) is 0 Å². The maximum Gasteiger partial charge on any atom is 0.345 e. The lowest BCUT2D eigenvalue weighted by atomic mass is 9.98. The van der Waals surface area contributed by atoms with Crippen molar-refractivity contribution in [2.75, 3.05) is 0 Å². The van der Waals surface area contributed by atoms with E-state index in [1.165, 1.54) is 34.9 Å². The van der Waals surface area contributed by atoms with Crippen LogP contribution < -0.4 is 5.69 Å². The third-order valence-electron chi connectivity index (χ3n) is 4.12. The zero-order valence-corrected chi connectivity index (χ0v) is 10.3. The van der Waals surface area contributed by atoms with Crippen molar-refractivity contribution >= 4 is 0 Å². The van der Waals surface area contributed by atoms with Crippen LogP contribution in [0.1, 0.15) is 38.5 Å². The highest BCUT2D eigenvalue weighted by molar-refractivity contribution is 4.92. The van der Waals surface area contributed by atoms with E-state index in [1.807, 2.05) is 0 Å². The molecule has 1 aliphatic heterocycles. The summed E-state index contributed by atoms with van der Waals surface area (Å²) in [6.07, 6.45) is 8.90. The highest BCUT2D eigenvalue weighted by atomic mass is 16.5. The van der Waals surface area contributed by atoms with Crippen LogP contribution >= 0.6 is 0 Å². The molecule has 1 aromatic heterocycles. The zero-order valence-electron chi connectivity index (χ0n) is 10.3. The molecule has 5 heteroatoms. The molecule has 1 aliphatic carbocycles. The normalized spacial score (nSPS) is 27.0. The second-order valence-corrected chi connectivity index (χ2v) is 5.38. The second-order valence-electron chi connectivity index (χ2n) is 5.38. The van der Waals surface area contributed by atoms with Gasteiger partial charge in [-0.15, -0.1) is 0 Å². The first kappa shape index (κ1) is 11.0. The van der Waals surface area contributed by atoms with Gasteiger partial charge in [-0.3, -0.25) is 4.57 Å². The van der Waals surface area contributed by atoms with Crippen molar-refractivity contribution in [3.8, 4) is 0 Å². The maximum absolute atomic E-state index is 11.7. The smallest absolute Gasteiger partial charge is 0.345 e. The Morgan fingerprint density at radius 1 is 1.47 bits per heavy atom. The van der Waals surface area contributed by atoms with Gasteiger partial charge in [0.1, 0.15) is 6.33 Å². The summed E-state index contributed by atoms with van der Waals surface area (Å²) < 4.78 is 9.18. The molecule has 0 amide bonds. The monoisotopic (exact) mass is 237 g/mol. The molecule has 0 radical (unpaired) electrons. The molecule has 1 unspecified atom stereocenters. The number of ether oxygens (including phenoxy) is 1. The van der Waals surface area contributed by atoms with Gasteiger partial charge in [0.15, 0.2) is 0 Å². The van der Waals surface area contributed by atoms with Gasteiger partial charge in [-0.1, -0.05) is 12.8 Å². The molecule has 5 nitrogen and oxygen atoms in total. The van der Waals surface area contributed by atoms with E-state index >= 15 is 0 Å². The standard InChI is InChI=1S/C12H19N3O2/c1-14-9-13-15(11(14)16)8-10-4-7-12(17-10)5-2-3-6-12/h9-10H,2-8H2,1H3. The van der Waals surface area contributed by atoms with E-state index < -0.39 is 0 Å². The molecule has 2 heterocycles. The van der Waals surface area contributed by atoms with E-state index in [0.29, 0.717) is 6.54 Å². The molecule has 2 aliphatic rings. The zero-order chi connectivity index (χ0) is 11.9. The fourth-order valence-corrected chi connectivity index (χ4v) is 3.15. The molecule has 1 saturated heterocycles. The summed E-state index contributed by atoms with van der Waals surface area (Å²) >= 11 is 0. The topological polar surface area (TPSA) is 49.0 Å². The third kappa shape index (κ3) is 1.92. The minimum Gasteiger partial charge on any atom is -0.370 e. The number of hydrogen-bond acceptors (Lipinski definition) is 3. The van der Waals surface area contributed by atoms with Crippen LogP contribution in [0, 0.1) is 0 Å². The largest absolute Gasteiger partial charge is 0.370 e. The van der Waals surface area contributed by atoms with Crippen LogP contribution in [-0.2, 0) is 18.3 Å². The number of aromatic nitrogens is 3. The van der Waals surface area contributed by atoms with Crippen LogP contribution in [0.4, 0.5) is 0 Å². The highest BCUT2D eigenvalue weighted by Crippen LogP contribution is 2.43. The van der Waals surface area contributed by atoms with E-state index in [9.17, 15) is 4.79 Å². The van der Waals surface area contributed by atoms with E-state index in [0.717, 1.165) is 12.8 Å². The summed E-state index contributed by atoms with van der Waals surface area (Å²) in [7, 11) is 1.72. The van der Waals surface area contributed by atoms with Crippen LogP contribution in [-0.4, -0.2) is 26.1 Å².